The molecule has 124 valence electrons. The fraction of sp³-hybridized carbons (Fsp3) is 0.188. The van der Waals surface area contributed by atoms with Gasteiger partial charge in [-0.3, -0.25) is 10.1 Å². The Morgan fingerprint density at radius 2 is 2.17 bits per heavy atom. The van der Waals surface area contributed by atoms with Gasteiger partial charge in [0.25, 0.3) is 5.69 Å². The van der Waals surface area contributed by atoms with Gasteiger partial charge in [-0.15, -0.1) is 0 Å². The SMILES string of the molecule is COc1ccccc1C(CO)Nc1nc2ccc([N+](=O)[O-])cc2s1. The second kappa shape index (κ2) is 6.81. The predicted octanol–water partition coefficient (Wildman–Crippen LogP) is 3.36. The Hall–Kier alpha value is -2.71. The van der Waals surface area contributed by atoms with Crippen LogP contribution in [-0.2, 0) is 0 Å². The van der Waals surface area contributed by atoms with E-state index in [0.717, 1.165) is 5.56 Å². The molecule has 0 fully saturated rings. The Kier molecular flexibility index (Phi) is 4.59. The van der Waals surface area contributed by atoms with Crippen LogP contribution in [0.25, 0.3) is 10.2 Å². The van der Waals surface area contributed by atoms with Crippen LogP contribution in [0.3, 0.4) is 0 Å². The summed E-state index contributed by atoms with van der Waals surface area (Å²) in [6.07, 6.45) is 0. The highest BCUT2D eigenvalue weighted by atomic mass is 32.1. The lowest BCUT2D eigenvalue weighted by atomic mass is 10.1. The molecular weight excluding hydrogens is 330 g/mol. The summed E-state index contributed by atoms with van der Waals surface area (Å²) in [5, 5.41) is 24.3. The quantitative estimate of drug-likeness (QED) is 0.525. The summed E-state index contributed by atoms with van der Waals surface area (Å²) in [4.78, 5) is 14.8. The van der Waals surface area contributed by atoms with Crippen LogP contribution in [0.1, 0.15) is 11.6 Å². The van der Waals surface area contributed by atoms with E-state index in [1.165, 1.54) is 23.5 Å². The van der Waals surface area contributed by atoms with Gasteiger partial charge < -0.3 is 15.2 Å². The highest BCUT2D eigenvalue weighted by molar-refractivity contribution is 7.22. The van der Waals surface area contributed by atoms with Gasteiger partial charge >= 0.3 is 0 Å². The van der Waals surface area contributed by atoms with Crippen molar-refractivity contribution in [2.45, 2.75) is 6.04 Å². The number of nitro groups is 1. The zero-order chi connectivity index (χ0) is 17.1. The Labute approximate surface area is 141 Å². The zero-order valence-electron chi connectivity index (χ0n) is 12.8. The van der Waals surface area contributed by atoms with E-state index < -0.39 is 11.0 Å². The number of anilines is 1. The molecule has 0 aliphatic rings. The Balaban J connectivity index is 1.91. The number of aliphatic hydroxyl groups is 1. The number of thiazole rings is 1. The summed E-state index contributed by atoms with van der Waals surface area (Å²) in [6.45, 7) is -0.142. The van der Waals surface area contributed by atoms with Crippen molar-refractivity contribution < 1.29 is 14.8 Å². The number of para-hydroxylation sites is 1. The van der Waals surface area contributed by atoms with Crippen molar-refractivity contribution in [3.8, 4) is 5.75 Å². The van der Waals surface area contributed by atoms with Crippen LogP contribution in [0.5, 0.6) is 5.75 Å². The number of benzene rings is 2. The summed E-state index contributed by atoms with van der Waals surface area (Å²) in [7, 11) is 1.57. The van der Waals surface area contributed by atoms with Crippen LogP contribution in [0.2, 0.25) is 0 Å². The van der Waals surface area contributed by atoms with Crippen molar-refractivity contribution in [1.29, 1.82) is 0 Å². The maximum atomic E-state index is 10.9. The van der Waals surface area contributed by atoms with Crippen LogP contribution < -0.4 is 10.1 Å². The molecule has 1 aromatic heterocycles. The first kappa shape index (κ1) is 16.2. The molecule has 3 rings (SSSR count). The second-order valence-corrected chi connectivity index (χ2v) is 6.08. The number of nitro benzene ring substituents is 1. The van der Waals surface area contributed by atoms with Gasteiger partial charge in [-0.25, -0.2) is 4.98 Å². The van der Waals surface area contributed by atoms with E-state index in [1.54, 1.807) is 13.2 Å². The largest absolute Gasteiger partial charge is 0.496 e. The number of non-ortho nitro benzene ring substituents is 1. The number of hydrogen-bond acceptors (Lipinski definition) is 7. The van der Waals surface area contributed by atoms with Gasteiger partial charge in [0.2, 0.25) is 0 Å². The molecule has 0 saturated heterocycles. The van der Waals surface area contributed by atoms with Crippen LogP contribution in [0.4, 0.5) is 10.8 Å². The number of ether oxygens (including phenoxy) is 1. The predicted molar refractivity (Wildman–Crippen MR) is 92.7 cm³/mol. The van der Waals surface area contributed by atoms with Crippen LogP contribution in [0, 0.1) is 10.1 Å². The molecule has 0 spiro atoms. The number of aliphatic hydroxyl groups excluding tert-OH is 1. The first-order valence-electron chi connectivity index (χ1n) is 7.17. The first-order chi connectivity index (χ1) is 11.6. The maximum absolute atomic E-state index is 10.9. The molecule has 0 radical (unpaired) electrons. The molecule has 0 aliphatic heterocycles. The van der Waals surface area contributed by atoms with Crippen molar-refractivity contribution in [2.24, 2.45) is 0 Å². The minimum absolute atomic E-state index is 0.0288. The molecule has 1 unspecified atom stereocenters. The Bertz CT molecular complexity index is 881. The first-order valence-corrected chi connectivity index (χ1v) is 7.99. The molecule has 8 heteroatoms. The third-order valence-corrected chi connectivity index (χ3v) is 4.53. The fourth-order valence-electron chi connectivity index (χ4n) is 2.41. The summed E-state index contributed by atoms with van der Waals surface area (Å²) >= 11 is 1.30. The molecule has 1 heterocycles. The molecule has 0 bridgehead atoms. The van der Waals surface area contributed by atoms with Crippen molar-refractivity contribution in [3.63, 3.8) is 0 Å². The van der Waals surface area contributed by atoms with Gasteiger partial charge in [0, 0.05) is 17.7 Å². The molecule has 1 atom stereocenters. The lowest BCUT2D eigenvalue weighted by Gasteiger charge is -2.18. The van der Waals surface area contributed by atoms with Crippen molar-refractivity contribution in [2.75, 3.05) is 19.0 Å². The molecule has 2 aromatic carbocycles. The number of methoxy groups -OCH3 is 1. The van der Waals surface area contributed by atoms with E-state index in [0.29, 0.717) is 21.1 Å². The van der Waals surface area contributed by atoms with Gasteiger partial charge in [0.05, 0.1) is 34.9 Å². The average molecular weight is 345 g/mol. The summed E-state index contributed by atoms with van der Waals surface area (Å²) in [5.74, 6) is 0.667. The summed E-state index contributed by atoms with van der Waals surface area (Å²) < 4.78 is 6.04. The third-order valence-electron chi connectivity index (χ3n) is 3.58. The minimum atomic E-state index is -0.433. The standard InChI is InChI=1S/C16H15N3O4S/c1-23-14-5-3-2-4-11(14)13(9-20)18-16-17-12-7-6-10(19(21)22)8-15(12)24-16/h2-8,13,20H,9H2,1H3,(H,17,18). The summed E-state index contributed by atoms with van der Waals surface area (Å²) in [5.41, 5.74) is 1.51. The van der Waals surface area contributed by atoms with Gasteiger partial charge in [-0.05, 0) is 12.1 Å². The highest BCUT2D eigenvalue weighted by Crippen LogP contribution is 2.33. The molecule has 7 nitrogen and oxygen atoms in total. The van der Waals surface area contributed by atoms with Crippen molar-refractivity contribution >= 4 is 32.4 Å². The molecular formula is C16H15N3O4S. The van der Waals surface area contributed by atoms with E-state index in [9.17, 15) is 15.2 Å². The normalized spacial score (nSPS) is 12.1. The number of nitrogens with one attached hydrogen (secondary N) is 1. The van der Waals surface area contributed by atoms with E-state index >= 15 is 0 Å². The smallest absolute Gasteiger partial charge is 0.270 e. The monoisotopic (exact) mass is 345 g/mol. The van der Waals surface area contributed by atoms with Gasteiger partial charge in [-0.2, -0.15) is 0 Å². The molecule has 3 aromatic rings. The van der Waals surface area contributed by atoms with Crippen molar-refractivity contribution in [1.82, 2.24) is 4.98 Å². The molecule has 0 saturated carbocycles. The third kappa shape index (κ3) is 3.15. The van der Waals surface area contributed by atoms with Crippen LogP contribution in [-0.4, -0.2) is 28.7 Å². The Morgan fingerprint density at radius 3 is 2.88 bits per heavy atom. The number of fused-ring (bicyclic) bond motifs is 1. The van der Waals surface area contributed by atoms with Crippen LogP contribution in [0.15, 0.2) is 42.5 Å². The van der Waals surface area contributed by atoms with E-state index in [2.05, 4.69) is 10.3 Å². The average Bonchev–Trinajstić information content (AvgIpc) is 3.01. The van der Waals surface area contributed by atoms with Gasteiger partial charge in [0.1, 0.15) is 5.75 Å². The number of hydrogen-bond donors (Lipinski definition) is 2. The molecule has 0 amide bonds. The van der Waals surface area contributed by atoms with Crippen LogP contribution >= 0.6 is 11.3 Å². The lowest BCUT2D eigenvalue weighted by Crippen LogP contribution is -2.15. The van der Waals surface area contributed by atoms with Gasteiger partial charge in [0.15, 0.2) is 5.13 Å². The van der Waals surface area contributed by atoms with E-state index in [1.807, 2.05) is 24.3 Å². The highest BCUT2D eigenvalue weighted by Gasteiger charge is 2.17. The minimum Gasteiger partial charge on any atom is -0.496 e. The molecule has 24 heavy (non-hydrogen) atoms. The number of nitrogens with zero attached hydrogens (tertiary/aromatic N) is 2. The van der Waals surface area contributed by atoms with E-state index in [-0.39, 0.29) is 12.3 Å². The second-order valence-electron chi connectivity index (χ2n) is 5.05. The van der Waals surface area contributed by atoms with Gasteiger partial charge in [-0.1, -0.05) is 29.5 Å². The topological polar surface area (TPSA) is 97.5 Å². The maximum Gasteiger partial charge on any atom is 0.270 e. The fourth-order valence-corrected chi connectivity index (χ4v) is 3.37. The Morgan fingerprint density at radius 1 is 1.38 bits per heavy atom. The number of aromatic nitrogens is 1. The lowest BCUT2D eigenvalue weighted by molar-refractivity contribution is -0.384. The summed E-state index contributed by atoms with van der Waals surface area (Å²) in [6, 6.07) is 11.6. The zero-order valence-corrected chi connectivity index (χ0v) is 13.6. The number of rotatable bonds is 6. The molecule has 0 aliphatic carbocycles. The van der Waals surface area contributed by atoms with Crippen molar-refractivity contribution in [3.05, 3.63) is 58.1 Å². The molecule has 2 N–H and O–H groups in total. The van der Waals surface area contributed by atoms with E-state index in [4.69, 9.17) is 4.74 Å².